The van der Waals surface area contributed by atoms with E-state index in [1.807, 2.05) is 0 Å². The molecule has 2 nitrogen and oxygen atoms in total. The molecule has 644 valence electrons. The van der Waals surface area contributed by atoms with E-state index >= 15 is 0 Å². The number of carbonyl (C=O) groups is 2. The van der Waals surface area contributed by atoms with Gasteiger partial charge in [-0.2, -0.15) is 0 Å². The normalized spacial score (nSPS) is 12.1. The van der Waals surface area contributed by atoms with Crippen molar-refractivity contribution >= 4 is 152 Å². The second-order valence-corrected chi connectivity index (χ2v) is 37.2. The number of carbonyl (C=O) groups excluding carboxylic acids is 2. The SMILES string of the molecule is Brc1ccc2c3c(ccc(-c4ccc5c6c(ccc(Br)c46)-c4c-5c(-c5ccccc5)c5ccccc5c4-c4ccccc4)c13)-c1c-2c(-c2ccccc2)c2ccccc2c1-c1ccccc1.[2H]C(=O)C([2H])=O.[2H]CF.[Ni].c1ccc(-c2c3c(c(-c4ccccc4)c4ccccc24)-c2ccc4c5ccc6c7c(ccc(c8ccc-3c2c84)c75)-c2c-6c(-c3ccccc3)c3ccccc3c2-c2ccccc2)cc1. The van der Waals surface area contributed by atoms with Crippen LogP contribution in [0.3, 0.4) is 0 Å². The second kappa shape index (κ2) is 33.3. The summed E-state index contributed by atoms with van der Waals surface area (Å²) in [6, 6.07) is 163. The van der Waals surface area contributed by atoms with Crippen molar-refractivity contribution in [2.24, 2.45) is 0 Å². The van der Waals surface area contributed by atoms with E-state index < -0.39 is 19.7 Å². The number of hydrogen-bond donors (Lipinski definition) is 0. The molecule has 0 aromatic heterocycles. The van der Waals surface area contributed by atoms with Gasteiger partial charge in [0, 0.05) is 36.2 Å². The summed E-state index contributed by atoms with van der Waals surface area (Å²) >= 11 is 8.38. The molecule has 25 aromatic rings. The molecule has 25 aromatic carbocycles. The number of rotatable bonds is 10. The zero-order valence-electron chi connectivity index (χ0n) is 76.5. The van der Waals surface area contributed by atoms with Gasteiger partial charge in [-0.1, -0.05) is 457 Å². The van der Waals surface area contributed by atoms with Gasteiger partial charge in [-0.25, -0.2) is 0 Å². The monoisotopic (exact) mass is 1920 g/mol. The molecule has 137 heavy (non-hydrogen) atoms. The van der Waals surface area contributed by atoms with E-state index in [0.29, 0.717) is 0 Å². The van der Waals surface area contributed by atoms with Crippen molar-refractivity contribution in [1.82, 2.24) is 0 Å². The van der Waals surface area contributed by atoms with Crippen LogP contribution in [0.4, 0.5) is 4.39 Å². The van der Waals surface area contributed by atoms with Crippen LogP contribution in [-0.2, 0) is 26.1 Å². The maximum Gasteiger partial charge on any atom is 0.182 e. The number of halogens is 3. The van der Waals surface area contributed by atoms with E-state index in [1.54, 1.807) is 0 Å². The van der Waals surface area contributed by atoms with Gasteiger partial charge in [0.25, 0.3) is 0 Å². The van der Waals surface area contributed by atoms with Crippen molar-refractivity contribution in [2.45, 2.75) is 0 Å². The van der Waals surface area contributed by atoms with E-state index in [0.717, 1.165) is 8.95 Å². The third-order valence-electron chi connectivity index (χ3n) is 29.0. The molecule has 0 unspecified atom stereocenters. The number of aldehydes is 2. The van der Waals surface area contributed by atoms with Gasteiger partial charge >= 0.3 is 0 Å². The molecule has 0 N–H and O–H groups in total. The van der Waals surface area contributed by atoms with Gasteiger partial charge in [0.2, 0.25) is 0 Å². The first kappa shape index (κ1) is 79.6. The standard InChI is InChI=1S/C64H36Br2.C64H36.C2H2O2.CH3F.Ni/c65-51-35-33-49-57-47(61-53(37-17-5-1-6-18-37)41-25-13-15-27-43(41)55(63(49)61)39-21-9-3-10-22-39)31-29-45(59(51)57)46-30-32-48-58-50(34-36-52(66)60(46)58)64-56(40-23-11-4-12-24-40)44-28-16-14-26-42(44)54(62(48)64)38-19-7-2-8-20-38;1-5-17-37(18-6-1)53-41-25-13-14-26-42(41)54(38-19-7-2-8-20-38)62-50-34-30-46-48-32-36-52-60-51(35-31-47(58(48)60)45-29-33-49(61(53)62)59(50)57(45)46)63-55(39-21-9-3-10-22-39)43-27-15-16-28-44(43)56(64(52)63)40-23-11-4-12-24-40;3-1-2-4;1-2;/h1-36H;1-36H;1-2H;1H3;/i;;1D,2D;1D;. The Morgan fingerprint density at radius 1 is 0.175 bits per heavy atom. The van der Waals surface area contributed by atoms with Crippen LogP contribution in [0.15, 0.2) is 446 Å². The van der Waals surface area contributed by atoms with Gasteiger partial charge in [0.05, 0.1) is 8.52 Å². The fraction of sp³-hybridized carbons (Fsp3) is 0.00763. The Bertz CT molecular complexity index is 8550. The largest absolute Gasteiger partial charge is 0.295 e. The summed E-state index contributed by atoms with van der Waals surface area (Å²) in [4.78, 5) is 18.5. The Balaban J connectivity index is 0.000000135. The van der Waals surface area contributed by atoms with Gasteiger partial charge in [0.1, 0.15) is 2.74 Å². The molecule has 0 saturated carbocycles. The maximum atomic E-state index is 9.96. The van der Waals surface area contributed by atoms with Crippen LogP contribution in [0, 0.1) is 0 Å². The average molecular weight is 1920 g/mol. The smallest absolute Gasteiger partial charge is 0.182 e. The average Bonchev–Trinajstić information content (AvgIpc) is 1.51. The number of alkyl halides is 1. The zero-order chi connectivity index (χ0) is 93.1. The van der Waals surface area contributed by atoms with E-state index in [4.69, 9.17) is 4.11 Å². The molecular weight excluding hydrogens is 1840 g/mol. The Morgan fingerprint density at radius 2 is 0.314 bits per heavy atom. The van der Waals surface area contributed by atoms with Crippen LogP contribution in [0.2, 0.25) is 0 Å². The second-order valence-electron chi connectivity index (χ2n) is 35.5. The van der Waals surface area contributed by atoms with Crippen LogP contribution in [0.1, 0.15) is 4.11 Å². The van der Waals surface area contributed by atoms with Crippen molar-refractivity contribution < 1.29 is 34.6 Å². The molecule has 0 atom stereocenters. The van der Waals surface area contributed by atoms with Crippen molar-refractivity contribution in [3.8, 4) is 189 Å². The first-order valence-corrected chi connectivity index (χ1v) is 47.5. The summed E-state index contributed by atoms with van der Waals surface area (Å²) in [6.07, 6.45) is -2.93. The maximum absolute atomic E-state index is 9.96. The van der Waals surface area contributed by atoms with Crippen molar-refractivity contribution in [2.75, 3.05) is 7.15 Å². The summed E-state index contributed by atoms with van der Waals surface area (Å²) in [7, 11) is -1.00. The Labute approximate surface area is 822 Å². The first-order chi connectivity index (χ1) is 68.5. The molecule has 29 rings (SSSR count). The van der Waals surface area contributed by atoms with Gasteiger partial charge in [0.15, 0.2) is 12.5 Å². The first-order valence-electron chi connectivity index (χ1n) is 47.6. The van der Waals surface area contributed by atoms with E-state index in [-0.39, 0.29) is 16.5 Å². The summed E-state index contributed by atoms with van der Waals surface area (Å²) < 4.78 is 29.4. The van der Waals surface area contributed by atoms with Crippen molar-refractivity contribution in [3.05, 3.63) is 446 Å². The van der Waals surface area contributed by atoms with Crippen LogP contribution in [0.5, 0.6) is 0 Å². The molecular formula is C131H77Br2FNiO2. The predicted molar refractivity (Wildman–Crippen MR) is 580 cm³/mol. The van der Waals surface area contributed by atoms with E-state index in [1.165, 1.54) is 297 Å². The summed E-state index contributed by atoms with van der Waals surface area (Å²) in [5, 5.41) is 26.0. The minimum absolute atomic E-state index is 0. The molecule has 0 bridgehead atoms. The number of fused-ring (bicyclic) bond motifs is 18. The minimum Gasteiger partial charge on any atom is -0.295 e. The fourth-order valence-corrected chi connectivity index (χ4v) is 25.1. The zero-order valence-corrected chi connectivity index (χ0v) is 77.7. The number of benzene rings is 25. The molecule has 4 aliphatic carbocycles. The molecule has 0 fully saturated rings. The van der Waals surface area contributed by atoms with Crippen LogP contribution < -0.4 is 0 Å². The topological polar surface area (TPSA) is 34.1 Å². The van der Waals surface area contributed by atoms with Gasteiger partial charge in [-0.15, -0.1) is 0 Å². The molecule has 6 heteroatoms. The molecule has 0 spiro atoms. The molecule has 0 aliphatic heterocycles. The predicted octanol–water partition coefficient (Wildman–Crippen LogP) is 37.4. The van der Waals surface area contributed by atoms with Crippen LogP contribution in [-0.4, -0.2) is 19.7 Å². The minimum atomic E-state index is -1.46. The number of hydrogen-bond acceptors (Lipinski definition) is 2. The molecule has 0 heterocycles. The summed E-state index contributed by atoms with van der Waals surface area (Å²) in [6.45, 7) is 0. The van der Waals surface area contributed by atoms with E-state index in [9.17, 15) is 14.0 Å². The summed E-state index contributed by atoms with van der Waals surface area (Å²) in [5.74, 6) is 0. The van der Waals surface area contributed by atoms with Crippen LogP contribution in [0.25, 0.3) is 297 Å². The Morgan fingerprint density at radius 3 is 0.482 bits per heavy atom. The summed E-state index contributed by atoms with van der Waals surface area (Å²) in [5.41, 5.74) is 43.6. The Hall–Kier alpha value is -15.9. The Kier molecular flexibility index (Phi) is 19.4. The molecule has 4 aliphatic rings. The van der Waals surface area contributed by atoms with Gasteiger partial charge in [-0.3, -0.25) is 14.0 Å². The van der Waals surface area contributed by atoms with Crippen molar-refractivity contribution in [1.29, 1.82) is 0 Å². The fourth-order valence-electron chi connectivity index (χ4n) is 24.1. The molecule has 0 radical (unpaired) electrons. The van der Waals surface area contributed by atoms with Crippen LogP contribution >= 0.6 is 31.9 Å². The van der Waals surface area contributed by atoms with Crippen molar-refractivity contribution in [3.63, 3.8) is 0 Å². The third kappa shape index (κ3) is 12.3. The third-order valence-corrected chi connectivity index (χ3v) is 30.3. The van der Waals surface area contributed by atoms with Gasteiger partial charge < -0.3 is 0 Å². The van der Waals surface area contributed by atoms with E-state index in [2.05, 4.69) is 469 Å². The quantitative estimate of drug-likeness (QED) is 0.0450. The molecule has 0 saturated heterocycles. The van der Waals surface area contributed by atoms with Gasteiger partial charge in [-0.05, 0) is 298 Å². The molecule has 0 amide bonds.